The summed E-state index contributed by atoms with van der Waals surface area (Å²) in [6, 6.07) is 14.7. The zero-order valence-electron chi connectivity index (χ0n) is 22.7. The van der Waals surface area contributed by atoms with E-state index in [1.165, 1.54) is 12.0 Å². The molecule has 11 heteroatoms. The number of aromatic nitrogens is 5. The number of pyridine rings is 1. The normalized spacial score (nSPS) is 17.8. The maximum Gasteiger partial charge on any atom is 0.269 e. The van der Waals surface area contributed by atoms with Gasteiger partial charge in [0.15, 0.2) is 5.82 Å². The van der Waals surface area contributed by atoms with E-state index in [0.717, 1.165) is 48.7 Å². The Kier molecular flexibility index (Phi) is 7.29. The van der Waals surface area contributed by atoms with Crippen molar-refractivity contribution in [3.8, 4) is 0 Å². The molecule has 2 aromatic carbocycles. The molecule has 2 aromatic heterocycles. The van der Waals surface area contributed by atoms with Gasteiger partial charge >= 0.3 is 0 Å². The molecule has 0 radical (unpaired) electrons. The van der Waals surface area contributed by atoms with Crippen molar-refractivity contribution >= 4 is 22.3 Å². The van der Waals surface area contributed by atoms with Gasteiger partial charge in [0.1, 0.15) is 6.04 Å². The topological polar surface area (TPSA) is 126 Å². The first-order valence-corrected chi connectivity index (χ1v) is 14.2. The summed E-state index contributed by atoms with van der Waals surface area (Å²) in [4.78, 5) is 31.9. The number of non-ortho nitro benzene ring substituents is 1. The number of nitro groups is 1. The first kappa shape index (κ1) is 26.1. The van der Waals surface area contributed by atoms with Gasteiger partial charge in [0.05, 0.1) is 11.0 Å². The molecule has 0 bridgehead atoms. The molecule has 1 N–H and O–H groups in total. The highest BCUT2D eigenvalue weighted by molar-refractivity contribution is 5.80. The SMILES string of the molecule is CCc1ccc2[nH]c(=O)c([C@H](c3nnnn3C3CCCCC3)N3CCN(c4ccc([N+](=O)[O-])cc4)CC3)cc2c1. The van der Waals surface area contributed by atoms with Gasteiger partial charge in [-0.3, -0.25) is 19.8 Å². The van der Waals surface area contributed by atoms with Gasteiger partial charge in [0.2, 0.25) is 0 Å². The van der Waals surface area contributed by atoms with Gasteiger partial charge in [-0.05, 0) is 71.0 Å². The predicted octanol–water partition coefficient (Wildman–Crippen LogP) is 4.40. The van der Waals surface area contributed by atoms with Crippen molar-refractivity contribution in [3.05, 3.63) is 86.0 Å². The number of aromatic amines is 1. The summed E-state index contributed by atoms with van der Waals surface area (Å²) in [7, 11) is 0. The number of nitrogens with zero attached hydrogens (tertiary/aromatic N) is 7. The summed E-state index contributed by atoms with van der Waals surface area (Å²) >= 11 is 0. The summed E-state index contributed by atoms with van der Waals surface area (Å²) < 4.78 is 1.97. The van der Waals surface area contributed by atoms with Crippen LogP contribution in [0.25, 0.3) is 10.9 Å². The van der Waals surface area contributed by atoms with E-state index in [1.54, 1.807) is 24.3 Å². The second kappa shape index (κ2) is 11.2. The highest BCUT2D eigenvalue weighted by Crippen LogP contribution is 2.34. The zero-order chi connectivity index (χ0) is 27.6. The van der Waals surface area contributed by atoms with E-state index in [-0.39, 0.29) is 22.2 Å². The van der Waals surface area contributed by atoms with E-state index in [2.05, 4.69) is 49.4 Å². The Bertz CT molecular complexity index is 1550. The lowest BCUT2D eigenvalue weighted by atomic mass is 9.95. The average molecular weight is 543 g/mol. The second-order valence-electron chi connectivity index (χ2n) is 10.8. The largest absolute Gasteiger partial charge is 0.369 e. The van der Waals surface area contributed by atoms with Crippen LogP contribution >= 0.6 is 0 Å². The number of hydrogen-bond donors (Lipinski definition) is 1. The van der Waals surface area contributed by atoms with Gasteiger partial charge in [0.25, 0.3) is 11.2 Å². The Hall–Kier alpha value is -4.12. The maximum atomic E-state index is 13.6. The minimum absolute atomic E-state index is 0.0822. The van der Waals surface area contributed by atoms with Crippen LogP contribution in [0.2, 0.25) is 0 Å². The minimum atomic E-state index is -0.394. The van der Waals surface area contributed by atoms with Crippen LogP contribution in [0.4, 0.5) is 11.4 Å². The number of fused-ring (bicyclic) bond motifs is 1. The summed E-state index contributed by atoms with van der Waals surface area (Å²) in [5.41, 5.74) is 3.59. The van der Waals surface area contributed by atoms with E-state index in [4.69, 9.17) is 0 Å². The summed E-state index contributed by atoms with van der Waals surface area (Å²) in [5.74, 6) is 0.715. The second-order valence-corrected chi connectivity index (χ2v) is 10.8. The van der Waals surface area contributed by atoms with Gasteiger partial charge < -0.3 is 9.88 Å². The number of rotatable bonds is 7. The number of anilines is 1. The molecule has 1 atom stereocenters. The summed E-state index contributed by atoms with van der Waals surface area (Å²) in [5, 5.41) is 25.1. The number of tetrazole rings is 1. The highest BCUT2D eigenvalue weighted by atomic mass is 16.6. The molecule has 40 heavy (non-hydrogen) atoms. The Morgan fingerprint density at radius 1 is 1.02 bits per heavy atom. The van der Waals surface area contributed by atoms with Crippen LogP contribution in [0.15, 0.2) is 53.3 Å². The molecule has 0 amide bonds. The third kappa shape index (κ3) is 5.08. The molecule has 3 heterocycles. The zero-order valence-corrected chi connectivity index (χ0v) is 22.7. The minimum Gasteiger partial charge on any atom is -0.369 e. The highest BCUT2D eigenvalue weighted by Gasteiger charge is 2.34. The smallest absolute Gasteiger partial charge is 0.269 e. The van der Waals surface area contributed by atoms with Crippen LogP contribution in [0, 0.1) is 10.1 Å². The van der Waals surface area contributed by atoms with Crippen molar-refractivity contribution in [1.29, 1.82) is 0 Å². The van der Waals surface area contributed by atoms with Gasteiger partial charge in [-0.2, -0.15) is 0 Å². The summed E-state index contributed by atoms with van der Waals surface area (Å²) in [6.45, 7) is 4.92. The van der Waals surface area contributed by atoms with Crippen LogP contribution in [0.1, 0.15) is 68.1 Å². The molecule has 1 saturated carbocycles. The quantitative estimate of drug-likeness (QED) is 0.269. The molecule has 4 aromatic rings. The fourth-order valence-electron chi connectivity index (χ4n) is 6.18. The molecule has 1 aliphatic carbocycles. The van der Waals surface area contributed by atoms with E-state index in [0.29, 0.717) is 37.6 Å². The molecular formula is C29H34N8O3. The number of H-pyrrole nitrogens is 1. The molecular weight excluding hydrogens is 508 g/mol. The third-order valence-electron chi connectivity index (χ3n) is 8.43. The Labute approximate surface area is 231 Å². The predicted molar refractivity (Wildman–Crippen MR) is 153 cm³/mol. The maximum absolute atomic E-state index is 13.6. The number of aryl methyl sites for hydroxylation is 1. The van der Waals surface area contributed by atoms with Crippen LogP contribution in [0.5, 0.6) is 0 Å². The van der Waals surface area contributed by atoms with Crippen molar-refractivity contribution in [3.63, 3.8) is 0 Å². The lowest BCUT2D eigenvalue weighted by Crippen LogP contribution is -2.49. The van der Waals surface area contributed by atoms with Crippen LogP contribution < -0.4 is 10.5 Å². The van der Waals surface area contributed by atoms with Crippen molar-refractivity contribution in [2.75, 3.05) is 31.1 Å². The number of nitro benzene ring substituents is 1. The molecule has 0 unspecified atom stereocenters. The standard InChI is InChI=1S/C29H34N8O3/c1-2-20-8-13-26-21(18-20)19-25(29(38)30-26)27(28-31-32-33-36(28)23-6-4-3-5-7-23)35-16-14-34(15-17-35)22-9-11-24(12-10-22)37(39)40/h8-13,18-19,23,27H,2-7,14-17H2,1H3,(H,30,38)/t27-/m1/s1. The molecule has 11 nitrogen and oxygen atoms in total. The van der Waals surface area contributed by atoms with Crippen molar-refractivity contribution in [1.82, 2.24) is 30.1 Å². The van der Waals surface area contributed by atoms with Crippen LogP contribution in [-0.4, -0.2) is 61.2 Å². The number of benzene rings is 2. The van der Waals surface area contributed by atoms with Gasteiger partial charge in [-0.1, -0.05) is 32.3 Å². The van der Waals surface area contributed by atoms with Crippen LogP contribution in [-0.2, 0) is 6.42 Å². The van der Waals surface area contributed by atoms with Crippen molar-refractivity contribution in [2.45, 2.75) is 57.5 Å². The lowest BCUT2D eigenvalue weighted by Gasteiger charge is -2.40. The van der Waals surface area contributed by atoms with Gasteiger partial charge in [-0.25, -0.2) is 4.68 Å². The van der Waals surface area contributed by atoms with Gasteiger partial charge in [0, 0.05) is 55.1 Å². The van der Waals surface area contributed by atoms with E-state index in [9.17, 15) is 14.9 Å². The van der Waals surface area contributed by atoms with Crippen LogP contribution in [0.3, 0.4) is 0 Å². The fraction of sp³-hybridized carbons (Fsp3) is 0.448. The first-order chi connectivity index (χ1) is 19.5. The molecule has 1 saturated heterocycles. The van der Waals surface area contributed by atoms with E-state index in [1.807, 2.05) is 16.8 Å². The van der Waals surface area contributed by atoms with Crippen molar-refractivity contribution in [2.24, 2.45) is 0 Å². The third-order valence-corrected chi connectivity index (χ3v) is 8.43. The molecule has 2 aliphatic rings. The fourth-order valence-corrected chi connectivity index (χ4v) is 6.18. The molecule has 0 spiro atoms. The lowest BCUT2D eigenvalue weighted by molar-refractivity contribution is -0.384. The average Bonchev–Trinajstić information content (AvgIpc) is 3.48. The van der Waals surface area contributed by atoms with Crippen molar-refractivity contribution < 1.29 is 4.92 Å². The first-order valence-electron chi connectivity index (χ1n) is 14.2. The Morgan fingerprint density at radius 3 is 2.48 bits per heavy atom. The molecule has 2 fully saturated rings. The van der Waals surface area contributed by atoms with E-state index >= 15 is 0 Å². The molecule has 208 valence electrons. The van der Waals surface area contributed by atoms with E-state index < -0.39 is 6.04 Å². The molecule has 6 rings (SSSR count). The molecule has 1 aliphatic heterocycles. The number of piperazine rings is 1. The number of nitrogens with one attached hydrogen (secondary N) is 1. The number of hydrogen-bond acceptors (Lipinski definition) is 8. The monoisotopic (exact) mass is 542 g/mol. The summed E-state index contributed by atoms with van der Waals surface area (Å²) in [6.07, 6.45) is 6.52. The Morgan fingerprint density at radius 2 is 1.77 bits per heavy atom. The Balaban J connectivity index is 1.36. The van der Waals surface area contributed by atoms with Gasteiger partial charge in [-0.15, -0.1) is 5.10 Å².